The highest BCUT2D eigenvalue weighted by atomic mass is 16.6. The van der Waals surface area contributed by atoms with Crippen LogP contribution in [-0.4, -0.2) is 30.8 Å². The SMILES string of the molecule is CC(C)(C)OC(=O)[C@@H]1COC[C@H](N)C1. The smallest absolute Gasteiger partial charge is 0.311 e. The molecule has 1 aliphatic rings. The molecule has 1 aliphatic heterocycles. The first-order valence-corrected chi connectivity index (χ1v) is 4.94. The van der Waals surface area contributed by atoms with Crippen LogP contribution in [0.3, 0.4) is 0 Å². The highest BCUT2D eigenvalue weighted by molar-refractivity contribution is 5.73. The molecule has 0 amide bonds. The van der Waals surface area contributed by atoms with E-state index in [9.17, 15) is 4.79 Å². The third kappa shape index (κ3) is 3.64. The van der Waals surface area contributed by atoms with Gasteiger partial charge in [-0.1, -0.05) is 0 Å². The van der Waals surface area contributed by atoms with Gasteiger partial charge < -0.3 is 15.2 Å². The molecule has 0 radical (unpaired) electrons. The van der Waals surface area contributed by atoms with Crippen LogP contribution in [0, 0.1) is 5.92 Å². The number of hydrogen-bond donors (Lipinski definition) is 1. The molecule has 1 rings (SSSR count). The predicted molar refractivity (Wildman–Crippen MR) is 52.7 cm³/mol. The number of carbonyl (C=O) groups excluding carboxylic acids is 1. The van der Waals surface area contributed by atoms with Crippen LogP contribution in [0.1, 0.15) is 27.2 Å². The first kappa shape index (κ1) is 11.5. The summed E-state index contributed by atoms with van der Waals surface area (Å²) in [5.74, 6) is -0.398. The van der Waals surface area contributed by atoms with Crippen LogP contribution < -0.4 is 5.73 Å². The van der Waals surface area contributed by atoms with Crippen molar-refractivity contribution >= 4 is 5.97 Å². The van der Waals surface area contributed by atoms with Crippen molar-refractivity contribution in [1.82, 2.24) is 0 Å². The van der Waals surface area contributed by atoms with Crippen molar-refractivity contribution in [2.45, 2.75) is 38.8 Å². The Morgan fingerprint density at radius 2 is 2.07 bits per heavy atom. The molecule has 0 aromatic heterocycles. The molecule has 0 aliphatic carbocycles. The van der Waals surface area contributed by atoms with E-state index in [4.69, 9.17) is 15.2 Å². The van der Waals surface area contributed by atoms with Crippen molar-refractivity contribution in [3.63, 3.8) is 0 Å². The second-order valence-electron chi connectivity index (χ2n) is 4.76. The molecule has 82 valence electrons. The molecule has 0 saturated carbocycles. The molecule has 0 bridgehead atoms. The van der Waals surface area contributed by atoms with Gasteiger partial charge in [-0.05, 0) is 27.2 Å². The largest absolute Gasteiger partial charge is 0.460 e. The summed E-state index contributed by atoms with van der Waals surface area (Å²) in [6.45, 7) is 6.54. The number of carbonyl (C=O) groups is 1. The van der Waals surface area contributed by atoms with E-state index in [1.807, 2.05) is 20.8 Å². The van der Waals surface area contributed by atoms with Gasteiger partial charge >= 0.3 is 5.97 Å². The monoisotopic (exact) mass is 201 g/mol. The molecule has 1 fully saturated rings. The van der Waals surface area contributed by atoms with Crippen molar-refractivity contribution in [3.05, 3.63) is 0 Å². The van der Waals surface area contributed by atoms with Crippen LogP contribution >= 0.6 is 0 Å². The van der Waals surface area contributed by atoms with Crippen molar-refractivity contribution < 1.29 is 14.3 Å². The fourth-order valence-corrected chi connectivity index (χ4v) is 1.41. The Morgan fingerprint density at radius 3 is 2.57 bits per heavy atom. The van der Waals surface area contributed by atoms with Gasteiger partial charge in [0.05, 0.1) is 19.1 Å². The highest BCUT2D eigenvalue weighted by Gasteiger charge is 2.29. The van der Waals surface area contributed by atoms with Crippen molar-refractivity contribution in [1.29, 1.82) is 0 Å². The predicted octanol–water partition coefficient (Wildman–Crippen LogP) is 0.692. The Hall–Kier alpha value is -0.610. The summed E-state index contributed by atoms with van der Waals surface area (Å²) in [6, 6.07) is -0.0405. The summed E-state index contributed by atoms with van der Waals surface area (Å²) in [5, 5.41) is 0. The maximum absolute atomic E-state index is 11.6. The molecular formula is C10H19NO3. The molecular weight excluding hydrogens is 182 g/mol. The standard InChI is InChI=1S/C10H19NO3/c1-10(2,3)14-9(12)7-4-8(11)6-13-5-7/h7-8H,4-6,11H2,1-3H3/t7-,8+/m0/s1. The van der Waals surface area contributed by atoms with Gasteiger partial charge in [0, 0.05) is 6.04 Å². The molecule has 1 heterocycles. The lowest BCUT2D eigenvalue weighted by Gasteiger charge is -2.28. The fourth-order valence-electron chi connectivity index (χ4n) is 1.41. The lowest BCUT2D eigenvalue weighted by molar-refractivity contribution is -0.164. The quantitative estimate of drug-likeness (QED) is 0.634. The highest BCUT2D eigenvalue weighted by Crippen LogP contribution is 2.18. The summed E-state index contributed by atoms with van der Waals surface area (Å²) in [7, 11) is 0. The Balaban J connectivity index is 2.44. The Bertz CT molecular complexity index is 210. The van der Waals surface area contributed by atoms with Crippen molar-refractivity contribution in [2.24, 2.45) is 11.7 Å². The minimum absolute atomic E-state index is 0.0405. The maximum Gasteiger partial charge on any atom is 0.311 e. The van der Waals surface area contributed by atoms with Gasteiger partial charge in [0.15, 0.2) is 0 Å². The van der Waals surface area contributed by atoms with E-state index in [-0.39, 0.29) is 17.9 Å². The third-order valence-corrected chi connectivity index (χ3v) is 1.98. The fraction of sp³-hybridized carbons (Fsp3) is 0.900. The third-order valence-electron chi connectivity index (χ3n) is 1.98. The zero-order valence-electron chi connectivity index (χ0n) is 9.08. The number of ether oxygens (including phenoxy) is 2. The first-order valence-electron chi connectivity index (χ1n) is 4.94. The van der Waals surface area contributed by atoms with E-state index >= 15 is 0 Å². The van der Waals surface area contributed by atoms with Crippen molar-refractivity contribution in [3.8, 4) is 0 Å². The average molecular weight is 201 g/mol. The molecule has 0 aromatic rings. The summed E-state index contributed by atoms with van der Waals surface area (Å²) in [6.07, 6.45) is 0.662. The minimum atomic E-state index is -0.432. The van der Waals surface area contributed by atoms with Gasteiger partial charge in [0.25, 0.3) is 0 Å². The van der Waals surface area contributed by atoms with Gasteiger partial charge in [-0.3, -0.25) is 4.79 Å². The summed E-state index contributed by atoms with van der Waals surface area (Å²) >= 11 is 0. The number of nitrogens with two attached hydrogens (primary N) is 1. The Morgan fingerprint density at radius 1 is 1.43 bits per heavy atom. The zero-order chi connectivity index (χ0) is 10.8. The van der Waals surface area contributed by atoms with Crippen LogP contribution in [0.15, 0.2) is 0 Å². The van der Waals surface area contributed by atoms with Gasteiger partial charge in [0.2, 0.25) is 0 Å². The molecule has 0 spiro atoms. The molecule has 14 heavy (non-hydrogen) atoms. The molecule has 4 nitrogen and oxygen atoms in total. The van der Waals surface area contributed by atoms with E-state index < -0.39 is 5.60 Å². The van der Waals surface area contributed by atoms with Crippen molar-refractivity contribution in [2.75, 3.05) is 13.2 Å². The molecule has 4 heteroatoms. The minimum Gasteiger partial charge on any atom is -0.460 e. The second kappa shape index (κ2) is 4.28. The first-order chi connectivity index (χ1) is 6.38. The summed E-state index contributed by atoms with van der Waals surface area (Å²) < 4.78 is 10.5. The summed E-state index contributed by atoms with van der Waals surface area (Å²) in [5.41, 5.74) is 5.26. The topological polar surface area (TPSA) is 61.5 Å². The van der Waals surface area contributed by atoms with Crippen LogP contribution in [0.2, 0.25) is 0 Å². The van der Waals surface area contributed by atoms with Crippen LogP contribution in [-0.2, 0) is 14.3 Å². The number of esters is 1. The van der Waals surface area contributed by atoms with Gasteiger partial charge in [-0.2, -0.15) is 0 Å². The number of hydrogen-bond acceptors (Lipinski definition) is 4. The van der Waals surface area contributed by atoms with E-state index in [1.165, 1.54) is 0 Å². The van der Waals surface area contributed by atoms with Crippen LogP contribution in [0.25, 0.3) is 0 Å². The second-order valence-corrected chi connectivity index (χ2v) is 4.76. The van der Waals surface area contributed by atoms with E-state index in [2.05, 4.69) is 0 Å². The molecule has 1 saturated heterocycles. The maximum atomic E-state index is 11.6. The Kier molecular flexibility index (Phi) is 3.50. The normalized spacial score (nSPS) is 28.6. The average Bonchev–Trinajstić information content (AvgIpc) is 2.01. The summed E-state index contributed by atoms with van der Waals surface area (Å²) in [4.78, 5) is 11.6. The molecule has 0 unspecified atom stereocenters. The molecule has 0 aromatic carbocycles. The zero-order valence-corrected chi connectivity index (χ0v) is 9.08. The van der Waals surface area contributed by atoms with E-state index in [0.29, 0.717) is 19.6 Å². The van der Waals surface area contributed by atoms with Gasteiger partial charge in [-0.15, -0.1) is 0 Å². The molecule has 2 N–H and O–H groups in total. The number of rotatable bonds is 1. The van der Waals surface area contributed by atoms with Crippen LogP contribution in [0.4, 0.5) is 0 Å². The Labute approximate surface area is 84.7 Å². The lowest BCUT2D eigenvalue weighted by Crippen LogP contribution is -2.41. The van der Waals surface area contributed by atoms with Gasteiger partial charge in [0.1, 0.15) is 5.60 Å². The van der Waals surface area contributed by atoms with Crippen LogP contribution in [0.5, 0.6) is 0 Å². The molecule has 2 atom stereocenters. The van der Waals surface area contributed by atoms with E-state index in [0.717, 1.165) is 0 Å². The lowest BCUT2D eigenvalue weighted by atomic mass is 9.99. The van der Waals surface area contributed by atoms with E-state index in [1.54, 1.807) is 0 Å². The van der Waals surface area contributed by atoms with Gasteiger partial charge in [-0.25, -0.2) is 0 Å².